The van der Waals surface area contributed by atoms with Gasteiger partial charge in [0, 0.05) is 6.42 Å². The van der Waals surface area contributed by atoms with E-state index in [2.05, 4.69) is 0 Å². The fourth-order valence-electron chi connectivity index (χ4n) is 6.45. The molecule has 2 amide bonds. The van der Waals surface area contributed by atoms with E-state index in [0.717, 1.165) is 4.90 Å². The van der Waals surface area contributed by atoms with Gasteiger partial charge in [-0.2, -0.15) is 0 Å². The molecule has 2 heterocycles. The second-order valence-electron chi connectivity index (χ2n) is 12.0. The molecule has 44 heavy (non-hydrogen) atoms. The Morgan fingerprint density at radius 3 is 2.16 bits per heavy atom. The number of imide groups is 1. The van der Waals surface area contributed by atoms with Gasteiger partial charge in [0.2, 0.25) is 0 Å². The topological polar surface area (TPSA) is 112 Å². The molecule has 2 aliphatic heterocycles. The summed E-state index contributed by atoms with van der Waals surface area (Å²) in [5.41, 5.74) is -2.17. The summed E-state index contributed by atoms with van der Waals surface area (Å²) < 4.78 is 16.7. The maximum absolute atomic E-state index is 15.2. The summed E-state index contributed by atoms with van der Waals surface area (Å²) in [6.45, 7) is 8.52. The number of aryl methyl sites for hydroxylation is 1. The van der Waals surface area contributed by atoms with E-state index in [9.17, 15) is 14.4 Å². The smallest absolute Gasteiger partial charge is 0.421 e. The van der Waals surface area contributed by atoms with E-state index in [1.54, 1.807) is 77.1 Å². The summed E-state index contributed by atoms with van der Waals surface area (Å²) >= 11 is 0. The third-order valence-corrected chi connectivity index (χ3v) is 8.02. The predicted molar refractivity (Wildman–Crippen MR) is 165 cm³/mol. The van der Waals surface area contributed by atoms with Crippen molar-refractivity contribution in [1.29, 1.82) is 0 Å². The molecule has 3 aromatic rings. The van der Waals surface area contributed by atoms with Gasteiger partial charge in [0.25, 0.3) is 5.91 Å². The fourth-order valence-corrected chi connectivity index (χ4v) is 6.45. The van der Waals surface area contributed by atoms with Gasteiger partial charge in [0.15, 0.2) is 5.54 Å². The SMILES string of the molecule is CCOC(=O)C1C2(C(=O)N(C(=O)OC(C)(C)C)c3c(C)cccc32)C(c2ccccc2)=N[C@]1(Cc1ccccc1)C(=O)OC. The van der Waals surface area contributed by atoms with Crippen molar-refractivity contribution in [3.63, 3.8) is 0 Å². The minimum Gasteiger partial charge on any atom is -0.467 e. The number of aliphatic imine (C=N–C) groups is 1. The second-order valence-corrected chi connectivity index (χ2v) is 12.0. The maximum Gasteiger partial charge on any atom is 0.421 e. The summed E-state index contributed by atoms with van der Waals surface area (Å²) in [7, 11) is 1.22. The Hall–Kier alpha value is -4.79. The molecule has 3 atom stereocenters. The van der Waals surface area contributed by atoms with E-state index in [4.69, 9.17) is 19.2 Å². The normalized spacial score (nSPS) is 22.4. The number of nitrogens with zero attached hydrogens (tertiary/aromatic N) is 2. The lowest BCUT2D eigenvalue weighted by Crippen LogP contribution is -2.60. The number of benzene rings is 3. The van der Waals surface area contributed by atoms with Crippen molar-refractivity contribution in [2.75, 3.05) is 18.6 Å². The number of methoxy groups -OCH3 is 1. The molecule has 2 unspecified atom stereocenters. The summed E-state index contributed by atoms with van der Waals surface area (Å²) in [6, 6.07) is 23.2. The van der Waals surface area contributed by atoms with Crippen molar-refractivity contribution in [2.24, 2.45) is 10.9 Å². The largest absolute Gasteiger partial charge is 0.467 e. The molecule has 0 fully saturated rings. The summed E-state index contributed by atoms with van der Waals surface area (Å²) in [5, 5.41) is 0. The number of ether oxygens (including phenoxy) is 3. The zero-order chi connectivity index (χ0) is 31.9. The van der Waals surface area contributed by atoms with Gasteiger partial charge in [-0.15, -0.1) is 0 Å². The molecular formula is C35H36N2O7. The first kappa shape index (κ1) is 30.7. The lowest BCUT2D eigenvalue weighted by molar-refractivity contribution is -0.162. The quantitative estimate of drug-likeness (QED) is 0.279. The molecule has 0 N–H and O–H groups in total. The molecule has 9 heteroatoms. The molecule has 5 rings (SSSR count). The van der Waals surface area contributed by atoms with Crippen LogP contribution in [0.1, 0.15) is 49.9 Å². The highest BCUT2D eigenvalue weighted by Gasteiger charge is 2.74. The van der Waals surface area contributed by atoms with Crippen LogP contribution in [0.2, 0.25) is 0 Å². The van der Waals surface area contributed by atoms with Gasteiger partial charge in [0.05, 0.1) is 25.1 Å². The average Bonchev–Trinajstić information content (AvgIpc) is 3.44. The Balaban J connectivity index is 1.91. The Morgan fingerprint density at radius 2 is 1.57 bits per heavy atom. The lowest BCUT2D eigenvalue weighted by Gasteiger charge is -2.37. The van der Waals surface area contributed by atoms with Crippen LogP contribution in [0.5, 0.6) is 0 Å². The first-order valence-corrected chi connectivity index (χ1v) is 14.5. The van der Waals surface area contributed by atoms with Crippen LogP contribution in [-0.4, -0.2) is 54.5 Å². The van der Waals surface area contributed by atoms with Crippen molar-refractivity contribution >= 4 is 35.3 Å². The minimum atomic E-state index is -1.94. The van der Waals surface area contributed by atoms with Gasteiger partial charge in [-0.1, -0.05) is 78.9 Å². The van der Waals surface area contributed by atoms with Crippen LogP contribution in [0.4, 0.5) is 10.5 Å². The molecule has 2 aliphatic rings. The fraction of sp³-hybridized carbons (Fsp3) is 0.343. The van der Waals surface area contributed by atoms with Crippen LogP contribution >= 0.6 is 0 Å². The van der Waals surface area contributed by atoms with Crippen LogP contribution in [0.25, 0.3) is 0 Å². The Morgan fingerprint density at radius 1 is 0.932 bits per heavy atom. The predicted octanol–water partition coefficient (Wildman–Crippen LogP) is 5.35. The van der Waals surface area contributed by atoms with Crippen molar-refractivity contribution in [3.05, 3.63) is 101 Å². The number of esters is 2. The van der Waals surface area contributed by atoms with Crippen LogP contribution in [0.3, 0.4) is 0 Å². The summed E-state index contributed by atoms with van der Waals surface area (Å²) in [6.07, 6.45) is -0.966. The third-order valence-electron chi connectivity index (χ3n) is 8.02. The van der Waals surface area contributed by atoms with Gasteiger partial charge in [0.1, 0.15) is 16.9 Å². The average molecular weight is 597 g/mol. The van der Waals surface area contributed by atoms with Gasteiger partial charge >= 0.3 is 18.0 Å². The first-order chi connectivity index (χ1) is 20.9. The second kappa shape index (κ2) is 11.4. The van der Waals surface area contributed by atoms with E-state index >= 15 is 4.79 Å². The van der Waals surface area contributed by atoms with Crippen LogP contribution in [0, 0.1) is 12.8 Å². The number of hydrogen-bond acceptors (Lipinski definition) is 8. The molecular weight excluding hydrogens is 560 g/mol. The number of para-hydroxylation sites is 1. The standard InChI is InChI=1S/C35H36N2O7/c1-7-43-29(38)27-34(31(40)42-6,21-23-16-10-8-11-17-23)36-28(24-18-12-9-13-19-24)35(27)25-20-14-15-22(2)26(25)37(30(35)39)32(41)44-33(3,4)5/h8-20,27H,7,21H2,1-6H3/t27?,34-,35?/m0/s1. The molecule has 9 nitrogen and oxygen atoms in total. The molecule has 228 valence electrons. The summed E-state index contributed by atoms with van der Waals surface area (Å²) in [4.78, 5) is 63.6. The molecule has 0 aliphatic carbocycles. The maximum atomic E-state index is 15.2. The Labute approximate surface area is 256 Å². The minimum absolute atomic E-state index is 0.0146. The third kappa shape index (κ3) is 4.76. The van der Waals surface area contributed by atoms with Gasteiger partial charge in [-0.05, 0) is 56.9 Å². The number of rotatable bonds is 6. The zero-order valence-electron chi connectivity index (χ0n) is 25.7. The van der Waals surface area contributed by atoms with Crippen molar-refractivity contribution in [2.45, 2.75) is 57.6 Å². The number of fused-ring (bicyclic) bond motifs is 2. The summed E-state index contributed by atoms with van der Waals surface area (Å²) in [5.74, 6) is -3.90. The highest BCUT2D eigenvalue weighted by molar-refractivity contribution is 6.36. The number of carbonyl (C=O) groups is 4. The zero-order valence-corrected chi connectivity index (χ0v) is 25.7. The number of carbonyl (C=O) groups excluding carboxylic acids is 4. The van der Waals surface area contributed by atoms with E-state index in [0.29, 0.717) is 22.3 Å². The molecule has 0 radical (unpaired) electrons. The molecule has 0 aromatic heterocycles. The molecule has 0 saturated carbocycles. The molecule has 3 aromatic carbocycles. The first-order valence-electron chi connectivity index (χ1n) is 14.5. The number of amides is 2. The monoisotopic (exact) mass is 596 g/mol. The van der Waals surface area contributed by atoms with Gasteiger partial charge in [-0.3, -0.25) is 14.6 Å². The van der Waals surface area contributed by atoms with Crippen LogP contribution < -0.4 is 4.90 Å². The van der Waals surface area contributed by atoms with E-state index in [1.807, 2.05) is 36.4 Å². The van der Waals surface area contributed by atoms with E-state index in [1.165, 1.54) is 7.11 Å². The molecule has 0 bridgehead atoms. The number of hydrogen-bond donors (Lipinski definition) is 0. The Kier molecular flexibility index (Phi) is 7.92. The van der Waals surface area contributed by atoms with Crippen LogP contribution in [-0.2, 0) is 40.4 Å². The van der Waals surface area contributed by atoms with E-state index in [-0.39, 0.29) is 24.4 Å². The van der Waals surface area contributed by atoms with Gasteiger partial charge < -0.3 is 14.2 Å². The van der Waals surface area contributed by atoms with Crippen molar-refractivity contribution in [3.8, 4) is 0 Å². The van der Waals surface area contributed by atoms with E-state index < -0.39 is 46.4 Å². The lowest BCUT2D eigenvalue weighted by atomic mass is 9.61. The van der Waals surface area contributed by atoms with Crippen molar-refractivity contribution < 1.29 is 33.4 Å². The highest BCUT2D eigenvalue weighted by Crippen LogP contribution is 2.58. The van der Waals surface area contributed by atoms with Crippen molar-refractivity contribution in [1.82, 2.24) is 0 Å². The number of anilines is 1. The highest BCUT2D eigenvalue weighted by atomic mass is 16.6. The van der Waals surface area contributed by atoms with Gasteiger partial charge in [-0.25, -0.2) is 14.5 Å². The molecule has 0 saturated heterocycles. The molecule has 1 spiro atoms. The Bertz CT molecular complexity index is 1640. The van der Waals surface area contributed by atoms with Crippen LogP contribution in [0.15, 0.2) is 83.9 Å².